The van der Waals surface area contributed by atoms with E-state index in [1.807, 2.05) is 24.3 Å². The van der Waals surface area contributed by atoms with Crippen LogP contribution in [0.2, 0.25) is 0 Å². The second-order valence-corrected chi connectivity index (χ2v) is 4.11. The quantitative estimate of drug-likeness (QED) is 0.779. The van der Waals surface area contributed by atoms with Crippen molar-refractivity contribution in [2.24, 2.45) is 0 Å². The first kappa shape index (κ1) is 9.92. The molecule has 2 aromatic rings. The normalized spacial score (nSPS) is 12.3. The first-order valence-corrected chi connectivity index (χ1v) is 5.52. The molecule has 0 spiro atoms. The van der Waals surface area contributed by atoms with Crippen molar-refractivity contribution in [3.8, 4) is 0 Å². The van der Waals surface area contributed by atoms with Crippen molar-refractivity contribution in [3.63, 3.8) is 0 Å². The van der Waals surface area contributed by atoms with Crippen LogP contribution in [0.5, 0.6) is 0 Å². The molecule has 0 saturated heterocycles. The summed E-state index contributed by atoms with van der Waals surface area (Å²) in [4.78, 5) is 0. The third kappa shape index (κ3) is 2.44. The molecule has 4 nitrogen and oxygen atoms in total. The van der Waals surface area contributed by atoms with Crippen LogP contribution in [0, 0.1) is 0 Å². The van der Waals surface area contributed by atoms with Gasteiger partial charge in [0.1, 0.15) is 5.51 Å². The van der Waals surface area contributed by atoms with Gasteiger partial charge in [-0.15, -0.1) is 10.2 Å². The number of aromatic nitrogens is 2. The van der Waals surface area contributed by atoms with Gasteiger partial charge in [0.25, 0.3) is 0 Å². The van der Waals surface area contributed by atoms with Crippen molar-refractivity contribution in [1.82, 2.24) is 10.2 Å². The van der Waals surface area contributed by atoms with E-state index in [1.54, 1.807) is 5.51 Å². The molecule has 0 fully saturated rings. The maximum Gasteiger partial charge on any atom is 0.205 e. The van der Waals surface area contributed by atoms with Crippen LogP contribution in [0.15, 0.2) is 29.8 Å². The Kier molecular flexibility index (Phi) is 2.82. The maximum atomic E-state index is 5.72. The van der Waals surface area contributed by atoms with Crippen LogP contribution in [-0.4, -0.2) is 10.2 Å². The fourth-order valence-electron chi connectivity index (χ4n) is 1.33. The minimum Gasteiger partial charge on any atom is -0.399 e. The molecule has 0 aliphatic carbocycles. The zero-order chi connectivity index (χ0) is 10.7. The highest BCUT2D eigenvalue weighted by Gasteiger charge is 2.06. The predicted octanol–water partition coefficient (Wildman–Crippen LogP) is 2.29. The lowest BCUT2D eigenvalue weighted by atomic mass is 10.1. The van der Waals surface area contributed by atoms with E-state index in [2.05, 4.69) is 22.4 Å². The fraction of sp³-hybridized carbons (Fsp3) is 0.200. The summed E-state index contributed by atoms with van der Waals surface area (Å²) in [6.45, 7) is 2.07. The van der Waals surface area contributed by atoms with E-state index in [-0.39, 0.29) is 6.04 Å². The molecular weight excluding hydrogens is 208 g/mol. The molecule has 3 N–H and O–H groups in total. The SMILES string of the molecule is CC(Nc1nncs1)c1cccc(N)c1. The molecule has 0 saturated carbocycles. The first-order valence-electron chi connectivity index (χ1n) is 4.64. The van der Waals surface area contributed by atoms with E-state index >= 15 is 0 Å². The van der Waals surface area contributed by atoms with Crippen molar-refractivity contribution in [1.29, 1.82) is 0 Å². The zero-order valence-electron chi connectivity index (χ0n) is 8.34. The number of rotatable bonds is 3. The fourth-order valence-corrected chi connectivity index (χ4v) is 1.87. The lowest BCUT2D eigenvalue weighted by Gasteiger charge is -2.13. The lowest BCUT2D eigenvalue weighted by molar-refractivity contribution is 0.874. The second kappa shape index (κ2) is 4.27. The van der Waals surface area contributed by atoms with E-state index in [4.69, 9.17) is 5.73 Å². The molecule has 5 heteroatoms. The number of nitrogen functional groups attached to an aromatic ring is 1. The summed E-state index contributed by atoms with van der Waals surface area (Å²) in [5.74, 6) is 0. The van der Waals surface area contributed by atoms with Gasteiger partial charge in [-0.05, 0) is 24.6 Å². The molecule has 1 heterocycles. The van der Waals surface area contributed by atoms with Crippen molar-refractivity contribution in [2.75, 3.05) is 11.1 Å². The zero-order valence-corrected chi connectivity index (χ0v) is 9.16. The van der Waals surface area contributed by atoms with E-state index in [9.17, 15) is 0 Å². The highest BCUT2D eigenvalue weighted by Crippen LogP contribution is 2.21. The minimum atomic E-state index is 0.182. The second-order valence-electron chi connectivity index (χ2n) is 3.28. The molecule has 0 aliphatic rings. The average molecular weight is 220 g/mol. The van der Waals surface area contributed by atoms with Gasteiger partial charge in [0.2, 0.25) is 5.13 Å². The molecule has 0 aliphatic heterocycles. The van der Waals surface area contributed by atoms with E-state index in [1.165, 1.54) is 11.3 Å². The Labute approximate surface area is 92.2 Å². The Morgan fingerprint density at radius 3 is 3.00 bits per heavy atom. The molecule has 0 radical (unpaired) electrons. The Morgan fingerprint density at radius 2 is 2.33 bits per heavy atom. The van der Waals surface area contributed by atoms with E-state index in [0.29, 0.717) is 0 Å². The highest BCUT2D eigenvalue weighted by atomic mass is 32.1. The first-order chi connectivity index (χ1) is 7.25. The smallest absolute Gasteiger partial charge is 0.205 e. The highest BCUT2D eigenvalue weighted by molar-refractivity contribution is 7.13. The number of benzene rings is 1. The lowest BCUT2D eigenvalue weighted by Crippen LogP contribution is -2.06. The van der Waals surface area contributed by atoms with Crippen LogP contribution in [-0.2, 0) is 0 Å². The number of hydrogen-bond donors (Lipinski definition) is 2. The summed E-state index contributed by atoms with van der Waals surface area (Å²) in [6.07, 6.45) is 0. The van der Waals surface area contributed by atoms with Gasteiger partial charge < -0.3 is 11.1 Å². The standard InChI is InChI=1S/C10H12N4S/c1-7(13-10-14-12-6-15-10)8-3-2-4-9(11)5-8/h2-7H,11H2,1H3,(H,13,14). The molecule has 78 valence electrons. The summed E-state index contributed by atoms with van der Waals surface area (Å²) in [6, 6.07) is 8.00. The van der Waals surface area contributed by atoms with Crippen LogP contribution in [0.4, 0.5) is 10.8 Å². The van der Waals surface area contributed by atoms with Gasteiger partial charge in [0.05, 0.1) is 6.04 Å². The average Bonchev–Trinajstić information content (AvgIpc) is 2.70. The number of nitrogens with one attached hydrogen (secondary N) is 1. The molecule has 1 atom stereocenters. The topological polar surface area (TPSA) is 63.8 Å². The Morgan fingerprint density at radius 1 is 1.47 bits per heavy atom. The molecule has 15 heavy (non-hydrogen) atoms. The Balaban J connectivity index is 2.11. The number of nitrogens with two attached hydrogens (primary N) is 1. The molecule has 1 aromatic heterocycles. The summed E-state index contributed by atoms with van der Waals surface area (Å²) in [5.41, 5.74) is 9.34. The number of hydrogen-bond acceptors (Lipinski definition) is 5. The summed E-state index contributed by atoms with van der Waals surface area (Å²) < 4.78 is 0. The minimum absolute atomic E-state index is 0.182. The van der Waals surface area contributed by atoms with Crippen LogP contribution in [0.1, 0.15) is 18.5 Å². The van der Waals surface area contributed by atoms with E-state index < -0.39 is 0 Å². The largest absolute Gasteiger partial charge is 0.399 e. The van der Waals surface area contributed by atoms with Gasteiger partial charge in [0, 0.05) is 5.69 Å². The molecule has 0 bridgehead atoms. The predicted molar refractivity (Wildman–Crippen MR) is 62.8 cm³/mol. The van der Waals surface area contributed by atoms with Crippen LogP contribution in [0.3, 0.4) is 0 Å². The Bertz CT molecular complexity index is 427. The van der Waals surface area contributed by atoms with Gasteiger partial charge in [-0.25, -0.2) is 0 Å². The number of nitrogens with zero attached hydrogens (tertiary/aromatic N) is 2. The van der Waals surface area contributed by atoms with Crippen LogP contribution in [0.25, 0.3) is 0 Å². The van der Waals surface area contributed by atoms with Crippen molar-refractivity contribution in [3.05, 3.63) is 35.3 Å². The molecular formula is C10H12N4S. The monoisotopic (exact) mass is 220 g/mol. The van der Waals surface area contributed by atoms with Gasteiger partial charge in [-0.3, -0.25) is 0 Å². The van der Waals surface area contributed by atoms with E-state index in [0.717, 1.165) is 16.4 Å². The Hall–Kier alpha value is -1.62. The third-order valence-corrected chi connectivity index (χ3v) is 2.73. The van der Waals surface area contributed by atoms with Gasteiger partial charge >= 0.3 is 0 Å². The molecule has 1 aromatic carbocycles. The summed E-state index contributed by atoms with van der Waals surface area (Å²) >= 11 is 1.49. The molecule has 0 amide bonds. The molecule has 1 unspecified atom stereocenters. The molecule has 2 rings (SSSR count). The number of anilines is 2. The third-order valence-electron chi connectivity index (χ3n) is 2.11. The summed E-state index contributed by atoms with van der Waals surface area (Å²) in [5, 5.41) is 11.8. The summed E-state index contributed by atoms with van der Waals surface area (Å²) in [7, 11) is 0. The van der Waals surface area contributed by atoms with Crippen molar-refractivity contribution in [2.45, 2.75) is 13.0 Å². The van der Waals surface area contributed by atoms with Crippen LogP contribution >= 0.6 is 11.3 Å². The van der Waals surface area contributed by atoms with Crippen molar-refractivity contribution < 1.29 is 0 Å². The van der Waals surface area contributed by atoms with Gasteiger partial charge in [0.15, 0.2) is 0 Å². The van der Waals surface area contributed by atoms with Gasteiger partial charge in [-0.2, -0.15) is 0 Å². The maximum absolute atomic E-state index is 5.72. The van der Waals surface area contributed by atoms with Gasteiger partial charge in [-0.1, -0.05) is 23.5 Å². The van der Waals surface area contributed by atoms with Crippen LogP contribution < -0.4 is 11.1 Å². The van der Waals surface area contributed by atoms with Crippen molar-refractivity contribution >= 4 is 22.2 Å².